The van der Waals surface area contributed by atoms with E-state index in [-0.39, 0.29) is 12.3 Å². The van der Waals surface area contributed by atoms with Crippen LogP contribution in [0.1, 0.15) is 23.0 Å². The first-order valence-corrected chi connectivity index (χ1v) is 4.67. The Kier molecular flexibility index (Phi) is 3.52. The van der Waals surface area contributed by atoms with Gasteiger partial charge in [0, 0.05) is 6.04 Å². The summed E-state index contributed by atoms with van der Waals surface area (Å²) in [6.45, 7) is 1.63. The van der Waals surface area contributed by atoms with E-state index in [1.807, 2.05) is 0 Å². The van der Waals surface area contributed by atoms with Gasteiger partial charge in [-0.3, -0.25) is 9.59 Å². The highest BCUT2D eigenvalue weighted by molar-refractivity contribution is 7.07. The molecule has 0 aromatic carbocycles. The molecular formula is C7H9N3O3S. The van der Waals surface area contributed by atoms with Gasteiger partial charge < -0.3 is 10.4 Å². The molecule has 1 unspecified atom stereocenters. The lowest BCUT2D eigenvalue weighted by atomic mass is 10.2. The summed E-state index contributed by atoms with van der Waals surface area (Å²) in [5, 5.41) is 14.5. The number of aromatic nitrogens is 2. The van der Waals surface area contributed by atoms with Crippen molar-refractivity contribution < 1.29 is 14.7 Å². The van der Waals surface area contributed by atoms with Crippen molar-refractivity contribution in [3.63, 3.8) is 0 Å². The lowest BCUT2D eigenvalue weighted by Crippen LogP contribution is -2.33. The molecule has 0 saturated carbocycles. The first-order valence-electron chi connectivity index (χ1n) is 3.89. The van der Waals surface area contributed by atoms with Gasteiger partial charge in [-0.1, -0.05) is 4.49 Å². The van der Waals surface area contributed by atoms with Crippen LogP contribution in [0.25, 0.3) is 0 Å². The molecule has 0 aliphatic rings. The van der Waals surface area contributed by atoms with E-state index < -0.39 is 12.0 Å². The number of aliphatic carboxylic acids is 1. The average Bonchev–Trinajstić information content (AvgIpc) is 2.53. The summed E-state index contributed by atoms with van der Waals surface area (Å²) in [6, 6.07) is -0.401. The number of nitrogens with one attached hydrogen (secondary N) is 1. The maximum atomic E-state index is 11.3. The Morgan fingerprint density at radius 2 is 2.43 bits per heavy atom. The van der Waals surface area contributed by atoms with Crippen LogP contribution in [-0.2, 0) is 4.79 Å². The third-order valence-corrected chi connectivity index (χ3v) is 2.11. The molecule has 1 amide bonds. The predicted octanol–water partition coefficient (Wildman–Crippen LogP) is 0.131. The first-order chi connectivity index (χ1) is 6.59. The predicted molar refractivity (Wildman–Crippen MR) is 49.1 cm³/mol. The fourth-order valence-corrected chi connectivity index (χ4v) is 1.29. The molecule has 0 saturated heterocycles. The minimum atomic E-state index is -0.944. The zero-order valence-electron chi connectivity index (χ0n) is 7.43. The van der Waals surface area contributed by atoms with Gasteiger partial charge in [-0.05, 0) is 18.5 Å². The lowest BCUT2D eigenvalue weighted by molar-refractivity contribution is -0.137. The molecule has 1 rings (SSSR count). The van der Waals surface area contributed by atoms with Crippen molar-refractivity contribution in [3.8, 4) is 0 Å². The van der Waals surface area contributed by atoms with E-state index in [0.29, 0.717) is 4.88 Å². The Hall–Kier alpha value is -1.50. The standard InChI is InChI=1S/C7H9N3O3S/c1-4(2-6(11)12)9-7(13)5-3-8-10-14-5/h3-4H,2H2,1H3,(H,9,13)(H,11,12). The molecule has 1 aromatic rings. The van der Waals surface area contributed by atoms with Gasteiger partial charge in [0.05, 0.1) is 12.6 Å². The van der Waals surface area contributed by atoms with Crippen molar-refractivity contribution in [2.75, 3.05) is 0 Å². The van der Waals surface area contributed by atoms with Crippen LogP contribution in [0.3, 0.4) is 0 Å². The number of carboxylic acid groups (broad SMARTS) is 1. The van der Waals surface area contributed by atoms with E-state index in [1.165, 1.54) is 6.20 Å². The number of carbonyl (C=O) groups excluding carboxylic acids is 1. The summed E-state index contributed by atoms with van der Waals surface area (Å²) in [7, 11) is 0. The fourth-order valence-electron chi connectivity index (χ4n) is 0.875. The van der Waals surface area contributed by atoms with Gasteiger partial charge in [0.25, 0.3) is 5.91 Å². The smallest absolute Gasteiger partial charge is 0.305 e. The number of carbonyl (C=O) groups is 2. The van der Waals surface area contributed by atoms with Crippen LogP contribution >= 0.6 is 11.5 Å². The molecule has 0 bridgehead atoms. The minimum Gasteiger partial charge on any atom is -0.481 e. The van der Waals surface area contributed by atoms with Crippen LogP contribution in [0, 0.1) is 0 Å². The minimum absolute atomic E-state index is 0.0992. The Bertz CT molecular complexity index is 325. The maximum Gasteiger partial charge on any atom is 0.305 e. The number of hydrogen-bond donors (Lipinski definition) is 2. The Morgan fingerprint density at radius 1 is 1.71 bits per heavy atom. The second kappa shape index (κ2) is 4.66. The number of carboxylic acids is 1. The highest BCUT2D eigenvalue weighted by Crippen LogP contribution is 2.02. The molecule has 1 heterocycles. The van der Waals surface area contributed by atoms with Crippen molar-refractivity contribution in [1.29, 1.82) is 0 Å². The summed E-state index contributed by atoms with van der Waals surface area (Å²) in [5.74, 6) is -1.28. The van der Waals surface area contributed by atoms with E-state index in [2.05, 4.69) is 14.9 Å². The zero-order chi connectivity index (χ0) is 10.6. The SMILES string of the molecule is CC(CC(=O)O)NC(=O)c1cnns1. The second-order valence-electron chi connectivity index (χ2n) is 2.75. The van der Waals surface area contributed by atoms with Gasteiger partial charge in [0.15, 0.2) is 0 Å². The zero-order valence-corrected chi connectivity index (χ0v) is 8.24. The molecule has 14 heavy (non-hydrogen) atoms. The maximum absolute atomic E-state index is 11.3. The quantitative estimate of drug-likeness (QED) is 0.744. The third kappa shape index (κ3) is 3.09. The molecule has 0 radical (unpaired) electrons. The van der Waals surface area contributed by atoms with E-state index >= 15 is 0 Å². The number of nitrogens with zero attached hydrogens (tertiary/aromatic N) is 2. The van der Waals surface area contributed by atoms with Crippen molar-refractivity contribution in [2.24, 2.45) is 0 Å². The van der Waals surface area contributed by atoms with Gasteiger partial charge in [0.1, 0.15) is 4.88 Å². The van der Waals surface area contributed by atoms with Crippen molar-refractivity contribution >= 4 is 23.4 Å². The molecule has 0 aliphatic heterocycles. The van der Waals surface area contributed by atoms with E-state index in [1.54, 1.807) is 6.92 Å². The average molecular weight is 215 g/mol. The normalized spacial score (nSPS) is 12.1. The molecule has 0 spiro atoms. The molecular weight excluding hydrogens is 206 g/mol. The summed E-state index contributed by atoms with van der Waals surface area (Å²) >= 11 is 0.971. The van der Waals surface area contributed by atoms with Gasteiger partial charge in [-0.2, -0.15) is 0 Å². The molecule has 7 heteroatoms. The van der Waals surface area contributed by atoms with Crippen LogP contribution in [0.5, 0.6) is 0 Å². The van der Waals surface area contributed by atoms with Gasteiger partial charge in [-0.15, -0.1) is 5.10 Å². The first kappa shape index (κ1) is 10.6. The molecule has 1 aromatic heterocycles. The van der Waals surface area contributed by atoms with E-state index in [4.69, 9.17) is 5.11 Å². The molecule has 76 valence electrons. The number of hydrogen-bond acceptors (Lipinski definition) is 5. The molecule has 6 nitrogen and oxygen atoms in total. The highest BCUT2D eigenvalue weighted by atomic mass is 32.1. The second-order valence-corrected chi connectivity index (χ2v) is 3.54. The van der Waals surface area contributed by atoms with Crippen LogP contribution in [0.15, 0.2) is 6.20 Å². The lowest BCUT2D eigenvalue weighted by Gasteiger charge is -2.09. The Balaban J connectivity index is 2.45. The summed E-state index contributed by atoms with van der Waals surface area (Å²) in [6.07, 6.45) is 1.24. The van der Waals surface area contributed by atoms with Crippen LogP contribution < -0.4 is 5.32 Å². The van der Waals surface area contributed by atoms with Gasteiger partial charge in [0.2, 0.25) is 0 Å². The van der Waals surface area contributed by atoms with Crippen LogP contribution in [0.2, 0.25) is 0 Å². The Morgan fingerprint density at radius 3 is 2.93 bits per heavy atom. The third-order valence-electron chi connectivity index (χ3n) is 1.44. The van der Waals surface area contributed by atoms with E-state index in [0.717, 1.165) is 11.5 Å². The number of amides is 1. The van der Waals surface area contributed by atoms with Gasteiger partial charge >= 0.3 is 5.97 Å². The Labute approximate surface area is 84.1 Å². The van der Waals surface area contributed by atoms with Crippen molar-refractivity contribution in [3.05, 3.63) is 11.1 Å². The fraction of sp³-hybridized carbons (Fsp3) is 0.429. The van der Waals surface area contributed by atoms with E-state index in [9.17, 15) is 9.59 Å². The summed E-state index contributed by atoms with van der Waals surface area (Å²) in [4.78, 5) is 22.0. The summed E-state index contributed by atoms with van der Waals surface area (Å²) in [5.41, 5.74) is 0. The van der Waals surface area contributed by atoms with Crippen LogP contribution in [0.4, 0.5) is 0 Å². The molecule has 1 atom stereocenters. The molecule has 2 N–H and O–H groups in total. The van der Waals surface area contributed by atoms with Crippen LogP contribution in [-0.4, -0.2) is 32.6 Å². The van der Waals surface area contributed by atoms with Crippen molar-refractivity contribution in [2.45, 2.75) is 19.4 Å². The molecule has 0 fully saturated rings. The largest absolute Gasteiger partial charge is 0.481 e. The summed E-state index contributed by atoms with van der Waals surface area (Å²) < 4.78 is 3.53. The van der Waals surface area contributed by atoms with Crippen molar-refractivity contribution in [1.82, 2.24) is 14.9 Å². The number of rotatable bonds is 4. The topological polar surface area (TPSA) is 92.2 Å². The molecule has 0 aliphatic carbocycles. The highest BCUT2D eigenvalue weighted by Gasteiger charge is 2.13. The monoisotopic (exact) mass is 215 g/mol. The van der Waals surface area contributed by atoms with Gasteiger partial charge in [-0.25, -0.2) is 0 Å².